The van der Waals surface area contributed by atoms with Gasteiger partial charge in [-0.05, 0) is 24.1 Å². The van der Waals surface area contributed by atoms with Crippen molar-refractivity contribution >= 4 is 12.0 Å². The number of nitrogens with zero attached hydrogens (tertiary/aromatic N) is 1. The summed E-state index contributed by atoms with van der Waals surface area (Å²) in [6, 6.07) is 5.99. The highest BCUT2D eigenvalue weighted by atomic mass is 16.6. The van der Waals surface area contributed by atoms with E-state index in [1.54, 1.807) is 0 Å². The predicted molar refractivity (Wildman–Crippen MR) is 73.1 cm³/mol. The second-order valence-corrected chi connectivity index (χ2v) is 4.50. The van der Waals surface area contributed by atoms with Gasteiger partial charge in [0.1, 0.15) is 19.5 Å². The molecule has 0 spiro atoms. The van der Waals surface area contributed by atoms with Gasteiger partial charge in [0, 0.05) is 6.54 Å². The Balaban J connectivity index is 1.56. The van der Waals surface area contributed by atoms with E-state index in [4.69, 9.17) is 19.0 Å². The highest BCUT2D eigenvalue weighted by molar-refractivity contribution is 5.85. The largest absolute Gasteiger partial charge is 0.486 e. The Labute approximate surface area is 120 Å². The molecule has 1 aliphatic heterocycles. The monoisotopic (exact) mass is 290 g/mol. The number of hydrogen-bond donors (Lipinski definition) is 2. The zero-order chi connectivity index (χ0) is 14.7. The van der Waals surface area contributed by atoms with Crippen LogP contribution in [0.4, 0.5) is 6.01 Å². The van der Waals surface area contributed by atoms with Gasteiger partial charge in [-0.15, -0.1) is 0 Å². The van der Waals surface area contributed by atoms with Crippen LogP contribution in [0.3, 0.4) is 0 Å². The highest BCUT2D eigenvalue weighted by Crippen LogP contribution is 2.30. The van der Waals surface area contributed by atoms with E-state index >= 15 is 0 Å². The van der Waals surface area contributed by atoms with Crippen LogP contribution in [-0.4, -0.2) is 35.8 Å². The van der Waals surface area contributed by atoms with Gasteiger partial charge in [-0.25, -0.2) is 4.79 Å². The molecule has 7 heteroatoms. The summed E-state index contributed by atoms with van der Waals surface area (Å²) >= 11 is 0. The Bertz CT molecular complexity index is 653. The van der Waals surface area contributed by atoms with Gasteiger partial charge < -0.3 is 24.3 Å². The third-order valence-electron chi connectivity index (χ3n) is 3.02. The molecule has 21 heavy (non-hydrogen) atoms. The van der Waals surface area contributed by atoms with Gasteiger partial charge in [-0.3, -0.25) is 0 Å². The zero-order valence-electron chi connectivity index (χ0n) is 11.2. The molecule has 7 nitrogen and oxygen atoms in total. The number of hydrogen-bond acceptors (Lipinski definition) is 6. The van der Waals surface area contributed by atoms with Crippen molar-refractivity contribution in [2.24, 2.45) is 0 Å². The molecule has 0 bridgehead atoms. The number of fused-ring (bicyclic) bond motifs is 1. The van der Waals surface area contributed by atoms with Gasteiger partial charge in [0.25, 0.3) is 6.01 Å². The van der Waals surface area contributed by atoms with Crippen LogP contribution in [0.5, 0.6) is 11.5 Å². The smallest absolute Gasteiger partial charge is 0.357 e. The van der Waals surface area contributed by atoms with Gasteiger partial charge >= 0.3 is 5.97 Å². The molecule has 1 aromatic heterocycles. The fourth-order valence-electron chi connectivity index (χ4n) is 2.01. The lowest BCUT2D eigenvalue weighted by molar-refractivity contribution is 0.0690. The summed E-state index contributed by atoms with van der Waals surface area (Å²) in [6.07, 6.45) is 1.83. The number of aromatic carboxylic acids is 1. The second kappa shape index (κ2) is 5.74. The molecule has 0 saturated carbocycles. The maximum absolute atomic E-state index is 10.7. The molecule has 0 radical (unpaired) electrons. The number of carbonyl (C=O) groups is 1. The lowest BCUT2D eigenvalue weighted by Crippen LogP contribution is -2.15. The second-order valence-electron chi connectivity index (χ2n) is 4.50. The molecule has 2 aromatic rings. The van der Waals surface area contributed by atoms with E-state index in [1.807, 2.05) is 18.2 Å². The number of anilines is 1. The number of benzene rings is 1. The maximum Gasteiger partial charge on any atom is 0.357 e. The molecule has 2 heterocycles. The predicted octanol–water partition coefficient (Wildman–Crippen LogP) is 1.80. The van der Waals surface area contributed by atoms with Gasteiger partial charge in [-0.2, -0.15) is 4.98 Å². The Morgan fingerprint density at radius 3 is 2.86 bits per heavy atom. The molecule has 110 valence electrons. The first-order valence-electron chi connectivity index (χ1n) is 6.53. The minimum atomic E-state index is -1.11. The molecule has 1 aromatic carbocycles. The average molecular weight is 290 g/mol. The third-order valence-corrected chi connectivity index (χ3v) is 3.02. The minimum Gasteiger partial charge on any atom is -0.486 e. The van der Waals surface area contributed by atoms with Crippen molar-refractivity contribution < 1.29 is 23.8 Å². The molecule has 0 unspecified atom stereocenters. The van der Waals surface area contributed by atoms with E-state index in [-0.39, 0.29) is 11.7 Å². The first-order valence-corrected chi connectivity index (χ1v) is 6.53. The number of nitrogens with one attached hydrogen (secondary N) is 1. The summed E-state index contributed by atoms with van der Waals surface area (Å²) in [5.74, 6) is 0.401. The topological polar surface area (TPSA) is 93.8 Å². The molecule has 3 rings (SSSR count). The first-order chi connectivity index (χ1) is 10.2. The van der Waals surface area contributed by atoms with Crippen LogP contribution in [0.1, 0.15) is 16.1 Å². The Morgan fingerprint density at radius 1 is 1.29 bits per heavy atom. The number of aromatic nitrogens is 1. The first kappa shape index (κ1) is 13.3. The summed E-state index contributed by atoms with van der Waals surface area (Å²) in [6.45, 7) is 1.70. The van der Waals surface area contributed by atoms with Crippen molar-refractivity contribution in [3.8, 4) is 11.5 Å². The van der Waals surface area contributed by atoms with Crippen molar-refractivity contribution in [1.82, 2.24) is 4.98 Å². The van der Waals surface area contributed by atoms with Crippen LogP contribution in [0, 0.1) is 0 Å². The van der Waals surface area contributed by atoms with Crippen LogP contribution in [-0.2, 0) is 6.42 Å². The Hall–Kier alpha value is -2.70. The van der Waals surface area contributed by atoms with Crippen LogP contribution < -0.4 is 14.8 Å². The molecular weight excluding hydrogens is 276 g/mol. The lowest BCUT2D eigenvalue weighted by atomic mass is 10.1. The summed E-state index contributed by atoms with van der Waals surface area (Å²) in [5.41, 5.74) is 0.966. The summed E-state index contributed by atoms with van der Waals surface area (Å²) in [5, 5.41) is 11.7. The van der Waals surface area contributed by atoms with Crippen LogP contribution >= 0.6 is 0 Å². The van der Waals surface area contributed by atoms with Gasteiger partial charge in [-0.1, -0.05) is 6.07 Å². The van der Waals surface area contributed by atoms with Crippen LogP contribution in [0.25, 0.3) is 0 Å². The number of carboxylic acids is 1. The van der Waals surface area contributed by atoms with E-state index in [9.17, 15) is 4.79 Å². The normalized spacial score (nSPS) is 13.0. The highest BCUT2D eigenvalue weighted by Gasteiger charge is 2.12. The van der Waals surface area contributed by atoms with Crippen molar-refractivity contribution in [3.05, 3.63) is 35.7 Å². The van der Waals surface area contributed by atoms with E-state index < -0.39 is 5.97 Å². The lowest BCUT2D eigenvalue weighted by Gasteiger charge is -2.18. The summed E-state index contributed by atoms with van der Waals surface area (Å²) < 4.78 is 16.0. The van der Waals surface area contributed by atoms with E-state index in [0.717, 1.165) is 29.7 Å². The number of carboxylic acid groups (broad SMARTS) is 1. The summed E-state index contributed by atoms with van der Waals surface area (Å²) in [7, 11) is 0. The average Bonchev–Trinajstić information content (AvgIpc) is 2.96. The maximum atomic E-state index is 10.7. The number of rotatable bonds is 5. The Kier molecular flexibility index (Phi) is 3.63. The molecular formula is C14H14N2O5. The van der Waals surface area contributed by atoms with Crippen molar-refractivity contribution in [2.45, 2.75) is 6.42 Å². The van der Waals surface area contributed by atoms with Gasteiger partial charge in [0.05, 0.1) is 0 Å². The standard InChI is InChI=1S/C14H14N2O5/c17-13(18)10-8-21-14(16-10)15-4-3-9-1-2-11-12(7-9)20-6-5-19-11/h1-2,7-8H,3-6H2,(H,15,16)(H,17,18). The van der Waals surface area contributed by atoms with Crippen molar-refractivity contribution in [3.63, 3.8) is 0 Å². The molecule has 2 N–H and O–H groups in total. The molecule has 0 aliphatic carbocycles. The SMILES string of the molecule is O=C(O)c1coc(NCCc2ccc3c(c2)OCCO3)n1. The number of ether oxygens (including phenoxy) is 2. The fraction of sp³-hybridized carbons (Fsp3) is 0.286. The van der Waals surface area contributed by atoms with Gasteiger partial charge in [0.2, 0.25) is 0 Å². The third kappa shape index (κ3) is 3.07. The summed E-state index contributed by atoms with van der Waals surface area (Å²) in [4.78, 5) is 14.5. The molecule has 1 aliphatic rings. The molecule has 0 atom stereocenters. The van der Waals surface area contributed by atoms with Crippen molar-refractivity contribution in [2.75, 3.05) is 25.1 Å². The van der Waals surface area contributed by atoms with Gasteiger partial charge in [0.15, 0.2) is 17.2 Å². The van der Waals surface area contributed by atoms with E-state index in [2.05, 4.69) is 10.3 Å². The zero-order valence-corrected chi connectivity index (χ0v) is 11.2. The van der Waals surface area contributed by atoms with E-state index in [0.29, 0.717) is 19.8 Å². The van der Waals surface area contributed by atoms with Crippen LogP contribution in [0.2, 0.25) is 0 Å². The number of oxazole rings is 1. The quantitative estimate of drug-likeness (QED) is 0.867. The fourth-order valence-corrected chi connectivity index (χ4v) is 2.01. The van der Waals surface area contributed by atoms with Crippen molar-refractivity contribution in [1.29, 1.82) is 0 Å². The Morgan fingerprint density at radius 2 is 2.10 bits per heavy atom. The van der Waals surface area contributed by atoms with E-state index in [1.165, 1.54) is 0 Å². The molecule has 0 amide bonds. The molecule has 0 fully saturated rings. The molecule has 0 saturated heterocycles. The van der Waals surface area contributed by atoms with Crippen LogP contribution in [0.15, 0.2) is 28.9 Å². The minimum absolute atomic E-state index is 0.114.